The molecule has 1 N–H and O–H groups in total. The first-order valence-electron chi connectivity index (χ1n) is 6.18. The average molecular weight is 294 g/mol. The third-order valence-corrected chi connectivity index (χ3v) is 5.45. The summed E-state index contributed by atoms with van der Waals surface area (Å²) in [6.45, 7) is 4.93. The van der Waals surface area contributed by atoms with Crippen molar-refractivity contribution >= 4 is 15.7 Å². The molecule has 1 rings (SSSR count). The lowest BCUT2D eigenvalue weighted by atomic mass is 10.1. The second kappa shape index (κ2) is 6.06. The average Bonchev–Trinajstić information content (AvgIpc) is 2.37. The number of sulfone groups is 1. The van der Waals surface area contributed by atoms with E-state index >= 15 is 0 Å². The van der Waals surface area contributed by atoms with E-state index in [1.165, 1.54) is 6.07 Å². The van der Waals surface area contributed by atoms with Crippen LogP contribution in [0, 0.1) is 11.3 Å². The molecular weight excluding hydrogens is 276 g/mol. The summed E-state index contributed by atoms with van der Waals surface area (Å²) in [6.07, 6.45) is 0. The molecule has 0 unspecified atom stereocenters. The zero-order valence-corrected chi connectivity index (χ0v) is 12.6. The van der Waals surface area contributed by atoms with E-state index in [4.69, 9.17) is 5.26 Å². The fraction of sp³-hybridized carbons (Fsp3) is 0.429. The quantitative estimate of drug-likeness (QED) is 0.911. The van der Waals surface area contributed by atoms with Gasteiger partial charge in [0.1, 0.15) is 0 Å². The van der Waals surface area contributed by atoms with Gasteiger partial charge in [0.25, 0.3) is 5.91 Å². The molecule has 1 aromatic carbocycles. The van der Waals surface area contributed by atoms with Gasteiger partial charge >= 0.3 is 0 Å². The zero-order chi connectivity index (χ0) is 15.4. The Hall–Kier alpha value is -1.87. The Morgan fingerprint density at radius 3 is 2.55 bits per heavy atom. The molecule has 0 radical (unpaired) electrons. The molecule has 1 amide bonds. The molecule has 108 valence electrons. The van der Waals surface area contributed by atoms with Crippen LogP contribution in [-0.2, 0) is 9.84 Å². The van der Waals surface area contributed by atoms with Crippen LogP contribution in [0.4, 0.5) is 0 Å². The summed E-state index contributed by atoms with van der Waals surface area (Å²) in [4.78, 5) is 11.8. The molecule has 0 aliphatic carbocycles. The maximum absolute atomic E-state index is 11.9. The Bertz CT molecular complexity index is 637. The minimum Gasteiger partial charge on any atom is -0.351 e. The lowest BCUT2D eigenvalue weighted by Gasteiger charge is -2.19. The molecule has 20 heavy (non-hydrogen) atoms. The maximum atomic E-state index is 11.9. The third-order valence-electron chi connectivity index (χ3n) is 2.84. The van der Waals surface area contributed by atoms with E-state index < -0.39 is 14.6 Å². The summed E-state index contributed by atoms with van der Waals surface area (Å²) >= 11 is 0. The topological polar surface area (TPSA) is 87.0 Å². The fourth-order valence-electron chi connectivity index (χ4n) is 1.44. The van der Waals surface area contributed by atoms with Crippen LogP contribution in [-0.4, -0.2) is 31.4 Å². The molecule has 0 aromatic heterocycles. The highest BCUT2D eigenvalue weighted by atomic mass is 32.2. The number of rotatable bonds is 4. The van der Waals surface area contributed by atoms with Gasteiger partial charge in [-0.3, -0.25) is 4.79 Å². The van der Waals surface area contributed by atoms with Crippen LogP contribution in [0.25, 0.3) is 0 Å². The van der Waals surface area contributed by atoms with E-state index in [0.717, 1.165) is 0 Å². The van der Waals surface area contributed by atoms with Crippen LogP contribution >= 0.6 is 0 Å². The van der Waals surface area contributed by atoms with Gasteiger partial charge in [-0.05, 0) is 39.0 Å². The zero-order valence-electron chi connectivity index (χ0n) is 11.8. The van der Waals surface area contributed by atoms with Gasteiger partial charge in [0, 0.05) is 12.1 Å². The van der Waals surface area contributed by atoms with Crippen LogP contribution in [0.5, 0.6) is 0 Å². The van der Waals surface area contributed by atoms with Crippen LogP contribution < -0.4 is 5.32 Å². The number of nitriles is 1. The Balaban J connectivity index is 2.63. The van der Waals surface area contributed by atoms with Crippen molar-refractivity contribution in [3.05, 3.63) is 35.4 Å². The van der Waals surface area contributed by atoms with Crippen molar-refractivity contribution in [1.29, 1.82) is 5.26 Å². The first kappa shape index (κ1) is 16.2. The fourth-order valence-corrected chi connectivity index (χ4v) is 2.42. The highest BCUT2D eigenvalue weighted by Crippen LogP contribution is 2.15. The summed E-state index contributed by atoms with van der Waals surface area (Å²) < 4.78 is 22.9. The molecular formula is C14H18N2O3S. The largest absolute Gasteiger partial charge is 0.351 e. The van der Waals surface area contributed by atoms with Crippen LogP contribution in [0.3, 0.4) is 0 Å². The second-order valence-electron chi connectivity index (χ2n) is 5.38. The maximum Gasteiger partial charge on any atom is 0.251 e. The number of hydrogen-bond donors (Lipinski definition) is 1. The lowest BCUT2D eigenvalue weighted by molar-refractivity contribution is 0.0956. The van der Waals surface area contributed by atoms with E-state index in [2.05, 4.69) is 5.32 Å². The van der Waals surface area contributed by atoms with Gasteiger partial charge < -0.3 is 5.32 Å². The van der Waals surface area contributed by atoms with E-state index in [1.54, 1.807) is 39.0 Å². The summed E-state index contributed by atoms with van der Waals surface area (Å²) in [5.41, 5.74) is 0.733. The number of carbonyl (C=O) groups is 1. The van der Waals surface area contributed by atoms with Gasteiger partial charge in [-0.2, -0.15) is 5.26 Å². The van der Waals surface area contributed by atoms with Gasteiger partial charge in [-0.15, -0.1) is 0 Å². The molecule has 0 aliphatic heterocycles. The van der Waals surface area contributed by atoms with E-state index in [1.807, 2.05) is 6.07 Å². The summed E-state index contributed by atoms with van der Waals surface area (Å²) in [6, 6.07) is 8.20. The number of nitrogens with zero attached hydrogens (tertiary/aromatic N) is 1. The molecule has 0 bridgehead atoms. The van der Waals surface area contributed by atoms with Crippen LogP contribution in [0.2, 0.25) is 0 Å². The second-order valence-corrected chi connectivity index (χ2v) is 8.24. The molecule has 5 nitrogen and oxygen atoms in total. The summed E-state index contributed by atoms with van der Waals surface area (Å²) in [7, 11) is -3.26. The van der Waals surface area contributed by atoms with E-state index in [-0.39, 0.29) is 18.2 Å². The van der Waals surface area contributed by atoms with Gasteiger partial charge in [0.2, 0.25) is 0 Å². The minimum absolute atomic E-state index is 0.0508. The number of hydrogen-bond acceptors (Lipinski definition) is 4. The van der Waals surface area contributed by atoms with Crippen molar-refractivity contribution in [2.24, 2.45) is 0 Å². The van der Waals surface area contributed by atoms with Gasteiger partial charge in [-0.25, -0.2) is 8.42 Å². The molecule has 6 heteroatoms. The van der Waals surface area contributed by atoms with Crippen molar-refractivity contribution in [3.8, 4) is 6.07 Å². The van der Waals surface area contributed by atoms with Crippen LogP contribution in [0.1, 0.15) is 36.7 Å². The molecule has 0 spiro atoms. The van der Waals surface area contributed by atoms with E-state index in [9.17, 15) is 13.2 Å². The lowest BCUT2D eigenvalue weighted by Crippen LogP contribution is -2.36. The summed E-state index contributed by atoms with van der Waals surface area (Å²) in [5, 5.41) is 11.3. The van der Waals surface area contributed by atoms with Crippen molar-refractivity contribution < 1.29 is 13.2 Å². The number of benzene rings is 1. The van der Waals surface area contributed by atoms with Crippen LogP contribution in [0.15, 0.2) is 24.3 Å². The first-order chi connectivity index (χ1) is 9.17. The predicted molar refractivity (Wildman–Crippen MR) is 77.0 cm³/mol. The number of carbonyl (C=O) groups excluding carboxylic acids is 1. The minimum atomic E-state index is -3.26. The molecule has 0 aliphatic rings. The van der Waals surface area contributed by atoms with Gasteiger partial charge in [-0.1, -0.05) is 6.07 Å². The molecule has 0 saturated carbocycles. The van der Waals surface area contributed by atoms with Gasteiger partial charge in [0.15, 0.2) is 9.84 Å². The van der Waals surface area contributed by atoms with Gasteiger partial charge in [0.05, 0.1) is 22.1 Å². The molecule has 0 fully saturated rings. The summed E-state index contributed by atoms with van der Waals surface area (Å²) in [5.74, 6) is -0.494. The van der Waals surface area contributed by atoms with E-state index in [0.29, 0.717) is 11.1 Å². The molecule has 1 aromatic rings. The number of nitrogens with one attached hydrogen (secondary N) is 1. The van der Waals surface area contributed by atoms with Crippen molar-refractivity contribution in [2.75, 3.05) is 12.3 Å². The normalized spacial score (nSPS) is 11.7. The van der Waals surface area contributed by atoms with Crippen molar-refractivity contribution in [1.82, 2.24) is 5.32 Å². The SMILES string of the molecule is CC(C)(C)S(=O)(=O)CCNC(=O)c1cccc(C#N)c1. The standard InChI is InChI=1S/C14H18N2O3S/c1-14(2,3)20(18,19)8-7-16-13(17)12-6-4-5-11(9-12)10-15/h4-6,9H,7-8H2,1-3H3,(H,16,17). The first-order valence-corrected chi connectivity index (χ1v) is 7.83. The van der Waals surface area contributed by atoms with Crippen molar-refractivity contribution in [2.45, 2.75) is 25.5 Å². The third kappa shape index (κ3) is 4.07. The Morgan fingerprint density at radius 1 is 1.35 bits per heavy atom. The molecule has 0 heterocycles. The smallest absolute Gasteiger partial charge is 0.251 e. The Labute approximate surface area is 119 Å². The highest BCUT2D eigenvalue weighted by Gasteiger charge is 2.28. The molecule has 0 atom stereocenters. The van der Waals surface area contributed by atoms with Crippen molar-refractivity contribution in [3.63, 3.8) is 0 Å². The Morgan fingerprint density at radius 2 is 2.00 bits per heavy atom. The number of amides is 1. The Kier molecular flexibility index (Phi) is 4.90. The highest BCUT2D eigenvalue weighted by molar-refractivity contribution is 7.92. The molecule has 0 saturated heterocycles. The monoisotopic (exact) mass is 294 g/mol. The predicted octanol–water partition coefficient (Wildman–Crippen LogP) is 1.50.